The van der Waals surface area contributed by atoms with E-state index >= 15 is 0 Å². The van der Waals surface area contributed by atoms with Crippen molar-refractivity contribution in [2.75, 3.05) is 12.4 Å². The molecule has 3 N–H and O–H groups in total. The van der Waals surface area contributed by atoms with Gasteiger partial charge in [-0.15, -0.1) is 11.8 Å². The molecular weight excluding hydrogens is 264 g/mol. The summed E-state index contributed by atoms with van der Waals surface area (Å²) in [4.78, 5) is 0. The summed E-state index contributed by atoms with van der Waals surface area (Å²) in [6.45, 7) is 3.84. The van der Waals surface area contributed by atoms with Gasteiger partial charge in [-0.05, 0) is 12.2 Å². The molecule has 0 aliphatic carbocycles. The Kier molecular flexibility index (Phi) is 8.34. The van der Waals surface area contributed by atoms with Crippen LogP contribution in [0.15, 0.2) is 0 Å². The van der Waals surface area contributed by atoms with Crippen molar-refractivity contribution in [3.63, 3.8) is 0 Å². The average Bonchev–Trinajstić information content (AvgIpc) is 2.42. The van der Waals surface area contributed by atoms with Crippen LogP contribution in [0.4, 0.5) is 0 Å². The molecule has 0 amide bonds. The highest BCUT2D eigenvalue weighted by Crippen LogP contribution is 2.33. The third kappa shape index (κ3) is 5.23. The topological polar surface area (TPSA) is 69.9 Å². The molecule has 1 rings (SSSR count). The van der Waals surface area contributed by atoms with Crippen LogP contribution < -0.4 is 0 Å². The van der Waals surface area contributed by atoms with Gasteiger partial charge in [0.15, 0.2) is 0 Å². The second-order valence-corrected chi connectivity index (χ2v) is 6.56. The monoisotopic (exact) mass is 292 g/mol. The third-order valence-electron chi connectivity index (χ3n) is 3.72. The van der Waals surface area contributed by atoms with Gasteiger partial charge in [0.25, 0.3) is 0 Å². The number of ether oxygens (including phenoxy) is 1. The maximum Gasteiger partial charge on any atom is 0.110 e. The summed E-state index contributed by atoms with van der Waals surface area (Å²) in [6.07, 6.45) is 3.74. The van der Waals surface area contributed by atoms with Gasteiger partial charge in [0.05, 0.1) is 12.7 Å². The second kappa shape index (κ2) is 9.19. The van der Waals surface area contributed by atoms with E-state index in [0.717, 1.165) is 12.2 Å². The Morgan fingerprint density at radius 2 is 1.74 bits per heavy atom. The summed E-state index contributed by atoms with van der Waals surface area (Å²) >= 11 is 1.68. The first-order valence-corrected chi connectivity index (χ1v) is 8.40. The lowest BCUT2D eigenvalue weighted by atomic mass is 9.94. The highest BCUT2D eigenvalue weighted by Gasteiger charge is 2.41. The van der Waals surface area contributed by atoms with Crippen LogP contribution in [0.2, 0.25) is 0 Å². The van der Waals surface area contributed by atoms with Crippen LogP contribution in [0.25, 0.3) is 0 Å². The first kappa shape index (κ1) is 17.2. The predicted molar refractivity (Wildman–Crippen MR) is 78.1 cm³/mol. The first-order valence-electron chi connectivity index (χ1n) is 7.35. The van der Waals surface area contributed by atoms with Crippen molar-refractivity contribution in [3.05, 3.63) is 0 Å². The summed E-state index contributed by atoms with van der Waals surface area (Å²) < 4.78 is 5.66. The van der Waals surface area contributed by atoms with E-state index in [1.54, 1.807) is 11.8 Å². The van der Waals surface area contributed by atoms with Crippen LogP contribution in [0.1, 0.15) is 46.0 Å². The van der Waals surface area contributed by atoms with Gasteiger partial charge < -0.3 is 20.1 Å². The van der Waals surface area contributed by atoms with E-state index in [1.165, 1.54) is 25.7 Å². The van der Waals surface area contributed by atoms with Gasteiger partial charge in [0.1, 0.15) is 17.6 Å². The van der Waals surface area contributed by atoms with Crippen LogP contribution in [0.5, 0.6) is 0 Å². The molecule has 4 nitrogen and oxygen atoms in total. The summed E-state index contributed by atoms with van der Waals surface area (Å²) in [5, 5.41) is 28.8. The van der Waals surface area contributed by atoms with Crippen molar-refractivity contribution in [1.29, 1.82) is 0 Å². The van der Waals surface area contributed by atoms with Gasteiger partial charge in [-0.1, -0.05) is 39.5 Å². The Bertz CT molecular complexity index is 237. The van der Waals surface area contributed by atoms with E-state index in [0.29, 0.717) is 0 Å². The van der Waals surface area contributed by atoms with Crippen LogP contribution in [0.3, 0.4) is 0 Å². The molecule has 1 fully saturated rings. The molecule has 0 radical (unpaired) electrons. The fourth-order valence-corrected chi connectivity index (χ4v) is 3.60. The maximum atomic E-state index is 9.94. The molecule has 5 unspecified atom stereocenters. The molecule has 1 aliphatic rings. The van der Waals surface area contributed by atoms with E-state index in [2.05, 4.69) is 6.92 Å². The number of aliphatic hydroxyl groups excluding tert-OH is 3. The number of hydrogen-bond acceptors (Lipinski definition) is 5. The van der Waals surface area contributed by atoms with Crippen LogP contribution in [-0.4, -0.2) is 51.4 Å². The Morgan fingerprint density at radius 1 is 1.05 bits per heavy atom. The van der Waals surface area contributed by atoms with E-state index in [-0.39, 0.29) is 18.0 Å². The van der Waals surface area contributed by atoms with Crippen LogP contribution >= 0.6 is 11.8 Å². The standard InChI is InChI=1S/C14H28O4S/c1-3-4-5-6-7-8-19-14-10(2)12(16)13(17)11(9-15)18-14/h10-17H,3-9H2,1-2H3. The van der Waals surface area contributed by atoms with Gasteiger partial charge in [0.2, 0.25) is 0 Å². The highest BCUT2D eigenvalue weighted by atomic mass is 32.2. The maximum absolute atomic E-state index is 9.94. The number of hydrogen-bond donors (Lipinski definition) is 3. The first-order chi connectivity index (χ1) is 9.11. The van der Waals surface area contributed by atoms with Crippen molar-refractivity contribution in [2.45, 2.75) is 69.7 Å². The van der Waals surface area contributed by atoms with Crippen LogP contribution in [-0.2, 0) is 4.74 Å². The highest BCUT2D eigenvalue weighted by molar-refractivity contribution is 7.99. The fraction of sp³-hybridized carbons (Fsp3) is 1.00. The second-order valence-electron chi connectivity index (χ2n) is 5.35. The minimum absolute atomic E-state index is 0.113. The molecule has 0 aromatic rings. The SMILES string of the molecule is CCCCCCCSC1OC(CO)C(O)C(O)C1C. The molecule has 0 aromatic heterocycles. The van der Waals surface area contributed by atoms with Crippen molar-refractivity contribution in [2.24, 2.45) is 5.92 Å². The lowest BCUT2D eigenvalue weighted by Crippen LogP contribution is -2.53. The summed E-state index contributed by atoms with van der Waals surface area (Å²) in [5.41, 5.74) is -0.137. The summed E-state index contributed by atoms with van der Waals surface area (Å²) in [5.74, 6) is 0.887. The zero-order valence-corrected chi connectivity index (χ0v) is 12.8. The normalized spacial score (nSPS) is 35.5. The zero-order chi connectivity index (χ0) is 14.3. The molecule has 0 saturated carbocycles. The fourth-order valence-electron chi connectivity index (χ4n) is 2.32. The minimum atomic E-state index is -0.985. The minimum Gasteiger partial charge on any atom is -0.394 e. The van der Waals surface area contributed by atoms with Gasteiger partial charge in [0, 0.05) is 5.92 Å². The Balaban J connectivity index is 2.28. The van der Waals surface area contributed by atoms with E-state index < -0.39 is 18.3 Å². The molecule has 114 valence electrons. The molecular formula is C14H28O4S. The van der Waals surface area contributed by atoms with Gasteiger partial charge in [-0.3, -0.25) is 0 Å². The third-order valence-corrected chi connectivity index (χ3v) is 5.11. The zero-order valence-electron chi connectivity index (χ0n) is 12.0. The summed E-state index contributed by atoms with van der Waals surface area (Å²) in [6, 6.07) is 0. The quantitative estimate of drug-likeness (QED) is 0.595. The van der Waals surface area contributed by atoms with Crippen LogP contribution in [0, 0.1) is 5.92 Å². The molecule has 0 aromatic carbocycles. The number of thioether (sulfide) groups is 1. The molecule has 5 atom stereocenters. The summed E-state index contributed by atoms with van der Waals surface area (Å²) in [7, 11) is 0. The van der Waals surface area contributed by atoms with Crippen molar-refractivity contribution in [3.8, 4) is 0 Å². The van der Waals surface area contributed by atoms with Crippen molar-refractivity contribution < 1.29 is 20.1 Å². The van der Waals surface area contributed by atoms with E-state index in [4.69, 9.17) is 9.84 Å². The smallest absolute Gasteiger partial charge is 0.110 e. The molecule has 0 spiro atoms. The molecule has 0 bridgehead atoms. The van der Waals surface area contributed by atoms with Crippen molar-refractivity contribution >= 4 is 11.8 Å². The van der Waals surface area contributed by atoms with Gasteiger partial charge in [-0.2, -0.15) is 0 Å². The lowest BCUT2D eigenvalue weighted by molar-refractivity contribution is -0.181. The number of unbranched alkanes of at least 4 members (excludes halogenated alkanes) is 4. The van der Waals surface area contributed by atoms with Gasteiger partial charge >= 0.3 is 0 Å². The predicted octanol–water partition coefficient (Wildman–Crippen LogP) is 1.77. The Labute approximate surface area is 120 Å². The Hall–Kier alpha value is 0.190. The molecule has 1 aliphatic heterocycles. The Morgan fingerprint density at radius 3 is 2.37 bits per heavy atom. The molecule has 5 heteroatoms. The molecule has 1 saturated heterocycles. The number of aliphatic hydroxyl groups is 3. The average molecular weight is 292 g/mol. The largest absolute Gasteiger partial charge is 0.394 e. The molecule has 1 heterocycles. The lowest BCUT2D eigenvalue weighted by Gasteiger charge is -2.40. The number of rotatable bonds is 8. The van der Waals surface area contributed by atoms with E-state index in [9.17, 15) is 10.2 Å². The van der Waals surface area contributed by atoms with Crippen molar-refractivity contribution in [1.82, 2.24) is 0 Å². The van der Waals surface area contributed by atoms with Gasteiger partial charge in [-0.25, -0.2) is 0 Å². The molecule has 19 heavy (non-hydrogen) atoms. The van der Waals surface area contributed by atoms with E-state index in [1.807, 2.05) is 6.92 Å².